The first-order valence-corrected chi connectivity index (χ1v) is 10.1. The third-order valence-electron chi connectivity index (χ3n) is 3.61. The molecule has 7 heteroatoms. The zero-order chi connectivity index (χ0) is 20.2. The lowest BCUT2D eigenvalue weighted by Gasteiger charge is -2.20. The lowest BCUT2D eigenvalue weighted by Crippen LogP contribution is -2.40. The van der Waals surface area contributed by atoms with Crippen LogP contribution in [0.5, 0.6) is 5.75 Å². The number of anilines is 1. The molecular weight excluding hydrogens is 364 g/mol. The van der Waals surface area contributed by atoms with E-state index in [-0.39, 0.29) is 17.4 Å². The highest BCUT2D eigenvalue weighted by Crippen LogP contribution is 2.19. The molecule has 0 aromatic heterocycles. The Bertz CT molecular complexity index is 914. The Morgan fingerprint density at radius 3 is 2.26 bits per heavy atom. The van der Waals surface area contributed by atoms with Crippen LogP contribution >= 0.6 is 0 Å². The van der Waals surface area contributed by atoms with Gasteiger partial charge in [-0.2, -0.15) is 0 Å². The van der Waals surface area contributed by atoms with Crippen molar-refractivity contribution in [3.63, 3.8) is 0 Å². The Morgan fingerprint density at radius 1 is 1.04 bits per heavy atom. The van der Waals surface area contributed by atoms with Gasteiger partial charge in [-0.25, -0.2) is 13.1 Å². The van der Waals surface area contributed by atoms with Crippen molar-refractivity contribution in [3.05, 3.63) is 53.6 Å². The maximum Gasteiger partial charge on any atom is 0.262 e. The molecule has 0 aliphatic rings. The summed E-state index contributed by atoms with van der Waals surface area (Å²) in [6.45, 7) is 9.03. The summed E-state index contributed by atoms with van der Waals surface area (Å²) >= 11 is 0. The van der Waals surface area contributed by atoms with Crippen molar-refractivity contribution in [3.8, 4) is 5.75 Å². The molecule has 0 atom stereocenters. The van der Waals surface area contributed by atoms with Crippen LogP contribution in [0.25, 0.3) is 0 Å². The summed E-state index contributed by atoms with van der Waals surface area (Å²) in [5, 5.41) is 2.81. The second-order valence-electron chi connectivity index (χ2n) is 7.48. The SMILES string of the molecule is Cc1ccc(C)c(NC(=O)COc2ccc(S(=O)(=O)NC(C)(C)C)cc2)c1. The van der Waals surface area contributed by atoms with Gasteiger partial charge < -0.3 is 10.1 Å². The Kier molecular flexibility index (Phi) is 6.28. The van der Waals surface area contributed by atoms with Gasteiger partial charge in [-0.05, 0) is 76.1 Å². The number of nitrogens with one attached hydrogen (secondary N) is 2. The molecule has 0 aliphatic heterocycles. The van der Waals surface area contributed by atoms with Crippen LogP contribution in [0.4, 0.5) is 5.69 Å². The molecule has 0 saturated heterocycles. The minimum absolute atomic E-state index is 0.143. The van der Waals surface area contributed by atoms with E-state index in [9.17, 15) is 13.2 Å². The largest absolute Gasteiger partial charge is 0.484 e. The third kappa shape index (κ3) is 6.37. The molecule has 27 heavy (non-hydrogen) atoms. The summed E-state index contributed by atoms with van der Waals surface area (Å²) in [4.78, 5) is 12.2. The lowest BCUT2D eigenvalue weighted by atomic mass is 10.1. The van der Waals surface area contributed by atoms with Crippen molar-refractivity contribution in [1.29, 1.82) is 0 Å². The van der Waals surface area contributed by atoms with Crippen LogP contribution in [-0.2, 0) is 14.8 Å². The Labute approximate surface area is 161 Å². The van der Waals surface area contributed by atoms with Crippen molar-refractivity contribution in [2.75, 3.05) is 11.9 Å². The van der Waals surface area contributed by atoms with Crippen molar-refractivity contribution in [1.82, 2.24) is 4.72 Å². The molecular formula is C20H26N2O4S. The number of amides is 1. The second-order valence-corrected chi connectivity index (χ2v) is 9.16. The zero-order valence-electron chi connectivity index (χ0n) is 16.3. The predicted octanol–water partition coefficient (Wildman–Crippen LogP) is 3.40. The molecule has 146 valence electrons. The number of sulfonamides is 1. The lowest BCUT2D eigenvalue weighted by molar-refractivity contribution is -0.118. The normalized spacial score (nSPS) is 11.9. The maximum absolute atomic E-state index is 12.3. The van der Waals surface area contributed by atoms with Gasteiger partial charge in [-0.3, -0.25) is 4.79 Å². The number of rotatable bonds is 6. The Hall–Kier alpha value is -2.38. The monoisotopic (exact) mass is 390 g/mol. The van der Waals surface area contributed by atoms with E-state index in [0.717, 1.165) is 16.8 Å². The minimum Gasteiger partial charge on any atom is -0.484 e. The van der Waals surface area contributed by atoms with E-state index in [1.54, 1.807) is 20.8 Å². The fraction of sp³-hybridized carbons (Fsp3) is 0.350. The third-order valence-corrected chi connectivity index (χ3v) is 5.39. The molecule has 0 bridgehead atoms. The number of carbonyl (C=O) groups is 1. The Balaban J connectivity index is 1.97. The first-order chi connectivity index (χ1) is 12.5. The average molecular weight is 391 g/mol. The smallest absolute Gasteiger partial charge is 0.262 e. The van der Waals surface area contributed by atoms with Crippen LogP contribution in [0.3, 0.4) is 0 Å². The van der Waals surface area contributed by atoms with Crippen LogP contribution in [0, 0.1) is 13.8 Å². The molecule has 0 spiro atoms. The molecule has 2 aromatic carbocycles. The van der Waals surface area contributed by atoms with E-state index in [1.807, 2.05) is 32.0 Å². The summed E-state index contributed by atoms with van der Waals surface area (Å²) in [7, 11) is -3.60. The summed E-state index contributed by atoms with van der Waals surface area (Å²) in [6, 6.07) is 11.8. The number of hydrogen-bond donors (Lipinski definition) is 2. The fourth-order valence-electron chi connectivity index (χ4n) is 2.38. The molecule has 2 aromatic rings. The van der Waals surface area contributed by atoms with Gasteiger partial charge in [0.15, 0.2) is 6.61 Å². The van der Waals surface area contributed by atoms with E-state index in [0.29, 0.717) is 5.75 Å². The van der Waals surface area contributed by atoms with Gasteiger partial charge in [0.25, 0.3) is 5.91 Å². The topological polar surface area (TPSA) is 84.5 Å². The van der Waals surface area contributed by atoms with Crippen LogP contribution in [-0.4, -0.2) is 26.5 Å². The van der Waals surface area contributed by atoms with Crippen LogP contribution in [0.15, 0.2) is 47.4 Å². The Morgan fingerprint density at radius 2 is 1.67 bits per heavy atom. The van der Waals surface area contributed by atoms with Crippen LogP contribution in [0.2, 0.25) is 0 Å². The highest BCUT2D eigenvalue weighted by atomic mass is 32.2. The van der Waals surface area contributed by atoms with Crippen LogP contribution < -0.4 is 14.8 Å². The molecule has 0 unspecified atom stereocenters. The second kappa shape index (κ2) is 8.10. The van der Waals surface area contributed by atoms with Gasteiger partial charge in [0, 0.05) is 11.2 Å². The van der Waals surface area contributed by atoms with Crippen molar-refractivity contribution < 1.29 is 17.9 Å². The van der Waals surface area contributed by atoms with Gasteiger partial charge in [0.2, 0.25) is 10.0 Å². The van der Waals surface area contributed by atoms with E-state index < -0.39 is 15.6 Å². The maximum atomic E-state index is 12.3. The van der Waals surface area contributed by atoms with E-state index in [1.165, 1.54) is 24.3 Å². The van der Waals surface area contributed by atoms with Crippen molar-refractivity contribution in [2.45, 2.75) is 45.1 Å². The number of benzene rings is 2. The molecule has 0 aliphatic carbocycles. The number of ether oxygens (including phenoxy) is 1. The van der Waals surface area contributed by atoms with Gasteiger partial charge >= 0.3 is 0 Å². The van der Waals surface area contributed by atoms with Crippen molar-refractivity contribution >= 4 is 21.6 Å². The standard InChI is InChI=1S/C20H26N2O4S/c1-14-6-7-15(2)18(12-14)21-19(23)13-26-16-8-10-17(11-9-16)27(24,25)22-20(3,4)5/h6-12,22H,13H2,1-5H3,(H,21,23). The van der Waals surface area contributed by atoms with Gasteiger partial charge in [0.1, 0.15) is 5.75 Å². The highest BCUT2D eigenvalue weighted by molar-refractivity contribution is 7.89. The number of aryl methyl sites for hydroxylation is 2. The van der Waals surface area contributed by atoms with Gasteiger partial charge in [-0.15, -0.1) is 0 Å². The number of hydrogen-bond acceptors (Lipinski definition) is 4. The molecule has 1 amide bonds. The van der Waals surface area contributed by atoms with E-state index in [4.69, 9.17) is 4.74 Å². The quantitative estimate of drug-likeness (QED) is 0.792. The first-order valence-electron chi connectivity index (χ1n) is 8.60. The molecule has 0 saturated carbocycles. The summed E-state index contributed by atoms with van der Waals surface area (Å²) in [5.41, 5.74) is 2.20. The zero-order valence-corrected chi connectivity index (χ0v) is 17.1. The molecule has 6 nitrogen and oxygen atoms in total. The predicted molar refractivity (Wildman–Crippen MR) is 107 cm³/mol. The van der Waals surface area contributed by atoms with Crippen molar-refractivity contribution in [2.24, 2.45) is 0 Å². The molecule has 0 radical (unpaired) electrons. The summed E-state index contributed by atoms with van der Waals surface area (Å²) in [5.74, 6) is 0.135. The van der Waals surface area contributed by atoms with Crippen LogP contribution in [0.1, 0.15) is 31.9 Å². The highest BCUT2D eigenvalue weighted by Gasteiger charge is 2.21. The molecule has 2 rings (SSSR count). The molecule has 0 fully saturated rings. The van der Waals surface area contributed by atoms with Gasteiger partial charge in [0.05, 0.1) is 4.90 Å². The number of carbonyl (C=O) groups excluding carboxylic acids is 1. The first kappa shape index (κ1) is 20.9. The summed E-state index contributed by atoms with van der Waals surface area (Å²) in [6.07, 6.45) is 0. The van der Waals surface area contributed by atoms with E-state index in [2.05, 4.69) is 10.0 Å². The van der Waals surface area contributed by atoms with E-state index >= 15 is 0 Å². The fourth-order valence-corrected chi connectivity index (χ4v) is 3.80. The van der Waals surface area contributed by atoms with Gasteiger partial charge in [-0.1, -0.05) is 12.1 Å². The summed E-state index contributed by atoms with van der Waals surface area (Å²) < 4.78 is 32.6. The molecule has 0 heterocycles. The molecule has 2 N–H and O–H groups in total. The average Bonchev–Trinajstić information content (AvgIpc) is 2.54. The minimum atomic E-state index is -3.60.